The van der Waals surface area contributed by atoms with Crippen LogP contribution in [-0.4, -0.2) is 61.5 Å². The molecule has 0 saturated heterocycles. The van der Waals surface area contributed by atoms with Crippen molar-refractivity contribution in [2.24, 2.45) is 11.8 Å². The van der Waals surface area contributed by atoms with Gasteiger partial charge in [-0.15, -0.1) is 0 Å². The van der Waals surface area contributed by atoms with E-state index in [0.717, 1.165) is 0 Å². The standard InChI is InChI=1S/C31H41ClN4O6/c1-19(2)17-25-31(40)36-26(20(3)4)18-42-27-8-6-5-7-23(27)29(38)35-24(13-14-28(37)34-25)30(39)33-15-16-41-22-11-9-21(32)10-12-22/h5-12,19-20,24-26H,13-18H2,1-4H3,(H,33,39)(H,34,37)(H,35,38)(H,36,40)/t24-,25+,26+/m0/s1. The van der Waals surface area contributed by atoms with Gasteiger partial charge in [0.05, 0.1) is 18.2 Å². The van der Waals surface area contributed by atoms with E-state index in [-0.39, 0.29) is 67.9 Å². The lowest BCUT2D eigenvalue weighted by Gasteiger charge is -2.27. The largest absolute Gasteiger partial charge is 0.492 e. The number of fused-ring (bicyclic) bond motifs is 1. The summed E-state index contributed by atoms with van der Waals surface area (Å²) in [4.78, 5) is 52.7. The maximum atomic E-state index is 13.3. The first-order valence-electron chi connectivity index (χ1n) is 14.3. The van der Waals surface area contributed by atoms with E-state index in [4.69, 9.17) is 21.1 Å². The molecule has 1 aliphatic rings. The predicted octanol–water partition coefficient (Wildman–Crippen LogP) is 3.48. The number of hydrogen-bond donors (Lipinski definition) is 4. The molecule has 1 aliphatic heterocycles. The second kappa shape index (κ2) is 16.0. The minimum absolute atomic E-state index is 0.0229. The Kier molecular flexibility index (Phi) is 12.5. The highest BCUT2D eigenvalue weighted by molar-refractivity contribution is 6.30. The van der Waals surface area contributed by atoms with Crippen molar-refractivity contribution >= 4 is 35.2 Å². The molecule has 3 atom stereocenters. The number of carbonyl (C=O) groups is 4. The van der Waals surface area contributed by atoms with Crippen LogP contribution in [0.1, 0.15) is 57.3 Å². The van der Waals surface area contributed by atoms with E-state index in [0.29, 0.717) is 22.9 Å². The average Bonchev–Trinajstić information content (AvgIpc) is 2.95. The maximum Gasteiger partial charge on any atom is 0.255 e. The predicted molar refractivity (Wildman–Crippen MR) is 161 cm³/mol. The summed E-state index contributed by atoms with van der Waals surface area (Å²) in [6.45, 7) is 8.35. The molecule has 2 aromatic rings. The quantitative estimate of drug-likeness (QED) is 0.343. The molecule has 0 fully saturated rings. The van der Waals surface area contributed by atoms with Gasteiger partial charge in [0, 0.05) is 11.4 Å². The number of nitrogens with one attached hydrogen (secondary N) is 4. The minimum Gasteiger partial charge on any atom is -0.492 e. The molecule has 0 saturated carbocycles. The second-order valence-electron chi connectivity index (χ2n) is 11.1. The molecule has 0 radical (unpaired) electrons. The van der Waals surface area contributed by atoms with Gasteiger partial charge in [0.1, 0.15) is 36.8 Å². The third-order valence-electron chi connectivity index (χ3n) is 6.81. The number of ether oxygens (including phenoxy) is 2. The first kappa shape index (κ1) is 32.7. The van der Waals surface area contributed by atoms with Crippen LogP contribution < -0.4 is 30.7 Å². The molecule has 228 valence electrons. The van der Waals surface area contributed by atoms with Crippen LogP contribution in [0.25, 0.3) is 0 Å². The molecule has 3 rings (SSSR count). The number of hydrogen-bond acceptors (Lipinski definition) is 6. The zero-order valence-electron chi connectivity index (χ0n) is 24.6. The fraction of sp³-hybridized carbons (Fsp3) is 0.484. The van der Waals surface area contributed by atoms with E-state index in [1.165, 1.54) is 0 Å². The number of benzene rings is 2. The molecule has 42 heavy (non-hydrogen) atoms. The van der Waals surface area contributed by atoms with Gasteiger partial charge in [0.25, 0.3) is 5.91 Å². The molecular weight excluding hydrogens is 560 g/mol. The fourth-order valence-corrected chi connectivity index (χ4v) is 4.52. The fourth-order valence-electron chi connectivity index (χ4n) is 4.39. The van der Waals surface area contributed by atoms with E-state index < -0.39 is 23.9 Å². The van der Waals surface area contributed by atoms with Crippen molar-refractivity contribution in [1.82, 2.24) is 21.3 Å². The maximum absolute atomic E-state index is 13.3. The summed E-state index contributed by atoms with van der Waals surface area (Å²) in [5, 5.41) is 12.0. The summed E-state index contributed by atoms with van der Waals surface area (Å²) in [6.07, 6.45) is 0.392. The van der Waals surface area contributed by atoms with Gasteiger partial charge in [-0.3, -0.25) is 19.2 Å². The summed E-state index contributed by atoms with van der Waals surface area (Å²) in [6, 6.07) is 11.4. The van der Waals surface area contributed by atoms with Crippen LogP contribution in [0.3, 0.4) is 0 Å². The molecule has 10 nitrogen and oxygen atoms in total. The van der Waals surface area contributed by atoms with Crippen LogP contribution in [-0.2, 0) is 14.4 Å². The zero-order valence-corrected chi connectivity index (χ0v) is 25.3. The van der Waals surface area contributed by atoms with Gasteiger partial charge in [-0.2, -0.15) is 0 Å². The van der Waals surface area contributed by atoms with Crippen molar-refractivity contribution in [2.45, 2.75) is 65.1 Å². The zero-order chi connectivity index (χ0) is 30.6. The Labute approximate surface area is 252 Å². The van der Waals surface area contributed by atoms with E-state index in [2.05, 4.69) is 21.3 Å². The van der Waals surface area contributed by atoms with Gasteiger partial charge in [-0.1, -0.05) is 51.4 Å². The number of rotatable bonds is 8. The molecule has 0 aromatic heterocycles. The summed E-state index contributed by atoms with van der Waals surface area (Å²) in [5.74, 6) is -0.559. The summed E-state index contributed by atoms with van der Waals surface area (Å²) >= 11 is 5.90. The number of para-hydroxylation sites is 1. The van der Waals surface area contributed by atoms with Crippen LogP contribution in [0.5, 0.6) is 11.5 Å². The van der Waals surface area contributed by atoms with Crippen molar-refractivity contribution < 1.29 is 28.7 Å². The highest BCUT2D eigenvalue weighted by Gasteiger charge is 2.29. The third-order valence-corrected chi connectivity index (χ3v) is 7.06. The Hall–Kier alpha value is -3.79. The van der Waals surface area contributed by atoms with Crippen molar-refractivity contribution in [3.63, 3.8) is 0 Å². The molecule has 0 aliphatic carbocycles. The average molecular weight is 601 g/mol. The Morgan fingerprint density at radius 1 is 1.02 bits per heavy atom. The van der Waals surface area contributed by atoms with Gasteiger partial charge in [0.2, 0.25) is 17.7 Å². The molecule has 0 unspecified atom stereocenters. The number of amides is 4. The summed E-state index contributed by atoms with van der Waals surface area (Å²) in [5.41, 5.74) is 0.243. The van der Waals surface area contributed by atoms with Crippen LogP contribution in [0.15, 0.2) is 48.5 Å². The second-order valence-corrected chi connectivity index (χ2v) is 11.5. The molecule has 4 N–H and O–H groups in total. The van der Waals surface area contributed by atoms with Gasteiger partial charge in [-0.05, 0) is 61.1 Å². The summed E-state index contributed by atoms with van der Waals surface area (Å²) in [7, 11) is 0. The van der Waals surface area contributed by atoms with Gasteiger partial charge >= 0.3 is 0 Å². The topological polar surface area (TPSA) is 135 Å². The van der Waals surface area contributed by atoms with Crippen LogP contribution in [0.4, 0.5) is 0 Å². The lowest BCUT2D eigenvalue weighted by atomic mass is 10.0. The van der Waals surface area contributed by atoms with Crippen LogP contribution in [0, 0.1) is 11.8 Å². The third kappa shape index (κ3) is 10.2. The van der Waals surface area contributed by atoms with E-state index >= 15 is 0 Å². The Bertz CT molecular complexity index is 1220. The molecule has 0 spiro atoms. The van der Waals surface area contributed by atoms with E-state index in [1.54, 1.807) is 48.5 Å². The van der Waals surface area contributed by atoms with Crippen molar-refractivity contribution in [1.29, 1.82) is 0 Å². The van der Waals surface area contributed by atoms with Crippen LogP contribution >= 0.6 is 11.6 Å². The Morgan fingerprint density at radius 3 is 2.43 bits per heavy atom. The van der Waals surface area contributed by atoms with E-state index in [9.17, 15) is 19.2 Å². The van der Waals surface area contributed by atoms with Crippen LogP contribution in [0.2, 0.25) is 5.02 Å². The normalized spacial score (nSPS) is 20.3. The SMILES string of the molecule is CC(C)C[C@H]1NC(=O)CC[C@@H](C(=O)NCCOc2ccc(Cl)cc2)NC(=O)c2ccccc2OC[C@H](C(C)C)NC1=O. The summed E-state index contributed by atoms with van der Waals surface area (Å²) < 4.78 is 11.7. The molecule has 4 amide bonds. The van der Waals surface area contributed by atoms with Crippen molar-refractivity contribution in [3.05, 3.63) is 59.1 Å². The highest BCUT2D eigenvalue weighted by Crippen LogP contribution is 2.20. The van der Waals surface area contributed by atoms with Crippen molar-refractivity contribution in [2.75, 3.05) is 19.8 Å². The molecule has 0 bridgehead atoms. The van der Waals surface area contributed by atoms with Gasteiger partial charge in [-0.25, -0.2) is 0 Å². The molecule has 1 heterocycles. The smallest absolute Gasteiger partial charge is 0.255 e. The Balaban J connectivity index is 1.78. The first-order chi connectivity index (χ1) is 20.0. The van der Waals surface area contributed by atoms with Crippen molar-refractivity contribution in [3.8, 4) is 11.5 Å². The van der Waals surface area contributed by atoms with E-state index in [1.807, 2.05) is 27.7 Å². The van der Waals surface area contributed by atoms with Gasteiger partial charge in [0.15, 0.2) is 0 Å². The number of carbonyl (C=O) groups excluding carboxylic acids is 4. The first-order valence-corrected chi connectivity index (χ1v) is 14.7. The lowest BCUT2D eigenvalue weighted by molar-refractivity contribution is -0.130. The molecule has 2 aromatic carbocycles. The molecular formula is C31H41ClN4O6. The van der Waals surface area contributed by atoms with Gasteiger partial charge < -0.3 is 30.7 Å². The molecule has 11 heteroatoms. The monoisotopic (exact) mass is 600 g/mol. The highest BCUT2D eigenvalue weighted by atomic mass is 35.5. The number of halogens is 1. The Morgan fingerprint density at radius 2 is 1.74 bits per heavy atom. The minimum atomic E-state index is -1.02. The lowest BCUT2D eigenvalue weighted by Crippen LogP contribution is -2.53.